The number of nitrogens with zero attached hydrogens (tertiary/aromatic N) is 4. The van der Waals surface area contributed by atoms with Gasteiger partial charge in [-0.05, 0) is 29.5 Å². The van der Waals surface area contributed by atoms with E-state index < -0.39 is 5.91 Å². The Morgan fingerprint density at radius 2 is 1.62 bits per heavy atom. The number of hydrogen-bond acceptors (Lipinski definition) is 5. The number of Topliss-reactive ketones (excluding diaryl/α,β-unsaturated/α-hetero) is 1. The van der Waals surface area contributed by atoms with E-state index in [2.05, 4.69) is 31.3 Å². The van der Waals surface area contributed by atoms with Gasteiger partial charge in [0.25, 0.3) is 0 Å². The van der Waals surface area contributed by atoms with Crippen molar-refractivity contribution in [1.82, 2.24) is 20.2 Å². The monoisotopic (exact) mass is 385 g/mol. The summed E-state index contributed by atoms with van der Waals surface area (Å²) in [6.45, 7) is -0.00595. The van der Waals surface area contributed by atoms with Crippen molar-refractivity contribution >= 4 is 27.6 Å². The van der Waals surface area contributed by atoms with E-state index in [4.69, 9.17) is 5.73 Å². The highest BCUT2D eigenvalue weighted by Crippen LogP contribution is 2.15. The fraction of sp³-hybridized carbons (Fsp3) is 0.0625. The summed E-state index contributed by atoms with van der Waals surface area (Å²) in [7, 11) is 0. The summed E-state index contributed by atoms with van der Waals surface area (Å²) in [4.78, 5) is 24.5. The summed E-state index contributed by atoms with van der Waals surface area (Å²) >= 11 is 3.32. The van der Waals surface area contributed by atoms with Gasteiger partial charge in [-0.1, -0.05) is 40.2 Å². The summed E-state index contributed by atoms with van der Waals surface area (Å²) in [6.07, 6.45) is 0. The van der Waals surface area contributed by atoms with Crippen LogP contribution in [0.3, 0.4) is 0 Å². The molecule has 0 aliphatic heterocycles. The molecule has 0 radical (unpaired) electrons. The smallest absolute Gasteiger partial charge is 0.248 e. The molecule has 0 spiro atoms. The fourth-order valence-corrected chi connectivity index (χ4v) is 2.33. The van der Waals surface area contributed by atoms with Crippen LogP contribution in [0.1, 0.15) is 20.7 Å². The Bertz CT molecular complexity index is 888. The molecule has 0 fully saturated rings. The number of rotatable bonds is 5. The highest BCUT2D eigenvalue weighted by Gasteiger charge is 2.11. The molecule has 3 rings (SSSR count). The van der Waals surface area contributed by atoms with E-state index in [1.807, 2.05) is 0 Å². The first-order valence-electron chi connectivity index (χ1n) is 7.00. The molecule has 24 heavy (non-hydrogen) atoms. The molecule has 120 valence electrons. The van der Waals surface area contributed by atoms with E-state index in [9.17, 15) is 9.59 Å². The quantitative estimate of drug-likeness (QED) is 0.677. The molecule has 0 unspecified atom stereocenters. The SMILES string of the molecule is NC(=O)c1ccc(-c2nnn(CC(=O)c3ccc(Br)cc3)n2)cc1. The van der Waals surface area contributed by atoms with Crippen molar-refractivity contribution in [3.05, 3.63) is 64.1 Å². The zero-order valence-corrected chi connectivity index (χ0v) is 14.0. The van der Waals surface area contributed by atoms with E-state index in [0.29, 0.717) is 22.5 Å². The lowest BCUT2D eigenvalue weighted by Crippen LogP contribution is -2.13. The molecule has 0 atom stereocenters. The number of benzene rings is 2. The molecule has 1 aromatic heterocycles. The zero-order chi connectivity index (χ0) is 17.1. The predicted octanol–water partition coefficient (Wildman–Crippen LogP) is 2.08. The second-order valence-corrected chi connectivity index (χ2v) is 5.93. The number of primary amides is 1. The number of halogens is 1. The van der Waals surface area contributed by atoms with Crippen LogP contribution in [0.2, 0.25) is 0 Å². The van der Waals surface area contributed by atoms with E-state index in [1.165, 1.54) is 4.80 Å². The maximum atomic E-state index is 12.2. The number of carbonyl (C=O) groups is 2. The molecule has 0 saturated carbocycles. The van der Waals surface area contributed by atoms with Gasteiger partial charge >= 0.3 is 0 Å². The molecular formula is C16H12BrN5O2. The minimum Gasteiger partial charge on any atom is -0.366 e. The Kier molecular flexibility index (Phi) is 4.48. The van der Waals surface area contributed by atoms with Crippen LogP contribution in [0.25, 0.3) is 11.4 Å². The van der Waals surface area contributed by atoms with Crippen molar-refractivity contribution < 1.29 is 9.59 Å². The largest absolute Gasteiger partial charge is 0.366 e. The van der Waals surface area contributed by atoms with Crippen molar-refractivity contribution in [2.45, 2.75) is 6.54 Å². The van der Waals surface area contributed by atoms with Crippen molar-refractivity contribution in [2.24, 2.45) is 5.73 Å². The van der Waals surface area contributed by atoms with Crippen molar-refractivity contribution in [1.29, 1.82) is 0 Å². The number of tetrazole rings is 1. The van der Waals surface area contributed by atoms with Gasteiger partial charge in [-0.15, -0.1) is 10.2 Å². The summed E-state index contributed by atoms with van der Waals surface area (Å²) in [5.74, 6) is -0.247. The lowest BCUT2D eigenvalue weighted by molar-refractivity contribution is 0.0959. The third kappa shape index (κ3) is 3.54. The van der Waals surface area contributed by atoms with Gasteiger partial charge in [0.05, 0.1) is 0 Å². The van der Waals surface area contributed by atoms with Crippen LogP contribution in [0.15, 0.2) is 53.0 Å². The predicted molar refractivity (Wildman–Crippen MR) is 90.2 cm³/mol. The molecule has 2 aromatic carbocycles. The first kappa shape index (κ1) is 16.0. The van der Waals surface area contributed by atoms with E-state index in [1.54, 1.807) is 48.5 Å². The van der Waals surface area contributed by atoms with Crippen LogP contribution in [-0.2, 0) is 6.54 Å². The van der Waals surface area contributed by atoms with Gasteiger partial charge < -0.3 is 5.73 Å². The van der Waals surface area contributed by atoms with Crippen LogP contribution >= 0.6 is 15.9 Å². The molecule has 8 heteroatoms. The van der Waals surface area contributed by atoms with E-state index >= 15 is 0 Å². The molecule has 0 saturated heterocycles. The number of carbonyl (C=O) groups excluding carboxylic acids is 2. The maximum absolute atomic E-state index is 12.2. The van der Waals surface area contributed by atoms with Gasteiger partial charge in [0.1, 0.15) is 6.54 Å². The molecule has 3 aromatic rings. The third-order valence-corrected chi connectivity index (χ3v) is 3.86. The molecule has 0 aliphatic carbocycles. The van der Waals surface area contributed by atoms with Gasteiger partial charge in [0.2, 0.25) is 11.7 Å². The maximum Gasteiger partial charge on any atom is 0.248 e. The van der Waals surface area contributed by atoms with Crippen LogP contribution in [0, 0.1) is 0 Å². The second kappa shape index (κ2) is 6.71. The number of nitrogens with two attached hydrogens (primary N) is 1. The number of amides is 1. The van der Waals surface area contributed by atoms with Crippen LogP contribution in [0.4, 0.5) is 0 Å². The van der Waals surface area contributed by atoms with Crippen molar-refractivity contribution in [2.75, 3.05) is 0 Å². The first-order chi connectivity index (χ1) is 11.5. The van der Waals surface area contributed by atoms with Gasteiger partial charge in [-0.2, -0.15) is 4.80 Å². The average Bonchev–Trinajstić information content (AvgIpc) is 3.04. The lowest BCUT2D eigenvalue weighted by atomic mass is 10.1. The average molecular weight is 386 g/mol. The second-order valence-electron chi connectivity index (χ2n) is 5.02. The van der Waals surface area contributed by atoms with Crippen LogP contribution in [0.5, 0.6) is 0 Å². The van der Waals surface area contributed by atoms with Crippen LogP contribution in [-0.4, -0.2) is 31.9 Å². The molecule has 1 heterocycles. The van der Waals surface area contributed by atoms with E-state index in [-0.39, 0.29) is 12.3 Å². The lowest BCUT2D eigenvalue weighted by Gasteiger charge is -2.00. The summed E-state index contributed by atoms with van der Waals surface area (Å²) < 4.78 is 0.902. The Morgan fingerprint density at radius 3 is 2.25 bits per heavy atom. The highest BCUT2D eigenvalue weighted by molar-refractivity contribution is 9.10. The van der Waals surface area contributed by atoms with Crippen molar-refractivity contribution in [3.63, 3.8) is 0 Å². The van der Waals surface area contributed by atoms with E-state index in [0.717, 1.165) is 4.47 Å². The Labute approximate surface area is 145 Å². The summed E-state index contributed by atoms with van der Waals surface area (Å²) in [5, 5.41) is 12.0. The standard InChI is InChI=1S/C16H12BrN5O2/c17-13-7-5-10(6-8-13)14(23)9-22-20-16(19-21-22)12-3-1-11(2-4-12)15(18)24/h1-8H,9H2,(H2,18,24). The number of ketones is 1. The normalized spacial score (nSPS) is 10.5. The topological polar surface area (TPSA) is 104 Å². The Morgan fingerprint density at radius 1 is 1.00 bits per heavy atom. The van der Waals surface area contributed by atoms with Gasteiger partial charge in [-0.3, -0.25) is 9.59 Å². The molecule has 0 bridgehead atoms. The Hall–Kier alpha value is -2.87. The number of hydrogen-bond donors (Lipinski definition) is 1. The highest BCUT2D eigenvalue weighted by atomic mass is 79.9. The van der Waals surface area contributed by atoms with Gasteiger partial charge in [0.15, 0.2) is 5.78 Å². The molecular weight excluding hydrogens is 374 g/mol. The van der Waals surface area contributed by atoms with Crippen molar-refractivity contribution in [3.8, 4) is 11.4 Å². The van der Waals surface area contributed by atoms with Gasteiger partial charge in [0, 0.05) is 21.2 Å². The van der Waals surface area contributed by atoms with Crippen LogP contribution < -0.4 is 5.73 Å². The number of aromatic nitrogens is 4. The third-order valence-electron chi connectivity index (χ3n) is 3.33. The zero-order valence-electron chi connectivity index (χ0n) is 12.4. The summed E-state index contributed by atoms with van der Waals surface area (Å²) in [5.41, 5.74) is 6.85. The molecule has 7 nitrogen and oxygen atoms in total. The fourth-order valence-electron chi connectivity index (χ4n) is 2.06. The first-order valence-corrected chi connectivity index (χ1v) is 7.79. The Balaban J connectivity index is 1.74. The molecule has 2 N–H and O–H groups in total. The van der Waals surface area contributed by atoms with Gasteiger partial charge in [-0.25, -0.2) is 0 Å². The minimum atomic E-state index is -0.502. The molecule has 0 aliphatic rings. The molecule has 1 amide bonds. The minimum absolute atomic E-state index is 0.00595. The summed E-state index contributed by atoms with van der Waals surface area (Å²) in [6, 6.07) is 13.6.